The van der Waals surface area contributed by atoms with Gasteiger partial charge in [0.1, 0.15) is 5.52 Å². The number of nitrogens with zero attached hydrogens (tertiary/aromatic N) is 2. The second-order valence-corrected chi connectivity index (χ2v) is 6.71. The van der Waals surface area contributed by atoms with Gasteiger partial charge in [0.25, 0.3) is 5.91 Å². The van der Waals surface area contributed by atoms with Gasteiger partial charge in [0.15, 0.2) is 11.5 Å². The molecule has 26 heavy (non-hydrogen) atoms. The second kappa shape index (κ2) is 7.30. The van der Waals surface area contributed by atoms with E-state index >= 15 is 0 Å². The van der Waals surface area contributed by atoms with Crippen molar-refractivity contribution in [1.82, 2.24) is 9.88 Å². The lowest BCUT2D eigenvalue weighted by atomic mass is 10.1. The van der Waals surface area contributed by atoms with E-state index in [0.717, 1.165) is 37.0 Å². The van der Waals surface area contributed by atoms with Gasteiger partial charge >= 0.3 is 0 Å². The van der Waals surface area contributed by atoms with Crippen molar-refractivity contribution >= 4 is 17.0 Å². The number of hydrogen-bond acceptors (Lipinski definition) is 4. The Morgan fingerprint density at radius 2 is 2.04 bits per heavy atom. The Hall–Kier alpha value is -2.66. The van der Waals surface area contributed by atoms with Crippen LogP contribution in [0.15, 0.2) is 52.9 Å². The van der Waals surface area contributed by atoms with Gasteiger partial charge in [-0.3, -0.25) is 4.79 Å². The summed E-state index contributed by atoms with van der Waals surface area (Å²) in [5.74, 6) is 0.697. The molecule has 2 aromatic carbocycles. The van der Waals surface area contributed by atoms with E-state index < -0.39 is 0 Å². The minimum Gasteiger partial charge on any atom is -0.441 e. The summed E-state index contributed by atoms with van der Waals surface area (Å²) in [7, 11) is 1.83. The zero-order valence-electron chi connectivity index (χ0n) is 14.9. The van der Waals surface area contributed by atoms with E-state index in [1.165, 1.54) is 5.56 Å². The number of benzene rings is 2. The third-order valence-corrected chi connectivity index (χ3v) is 4.92. The lowest BCUT2D eigenvalue weighted by Gasteiger charge is -2.23. The van der Waals surface area contributed by atoms with Crippen LogP contribution in [0, 0.1) is 0 Å². The Balaban J connectivity index is 1.49. The molecular formula is C21H22N2O3. The first-order valence-corrected chi connectivity index (χ1v) is 8.99. The highest BCUT2D eigenvalue weighted by Crippen LogP contribution is 2.21. The average Bonchev–Trinajstić information content (AvgIpc) is 3.35. The molecule has 0 bridgehead atoms. The summed E-state index contributed by atoms with van der Waals surface area (Å²) in [5, 5.41) is 0. The molecule has 0 spiro atoms. The Bertz CT molecular complexity index is 898. The zero-order valence-corrected chi connectivity index (χ0v) is 14.9. The van der Waals surface area contributed by atoms with Gasteiger partial charge in [-0.1, -0.05) is 30.3 Å². The van der Waals surface area contributed by atoms with E-state index in [0.29, 0.717) is 18.1 Å². The number of rotatable bonds is 5. The van der Waals surface area contributed by atoms with Crippen LogP contribution in [0.2, 0.25) is 0 Å². The SMILES string of the molecule is CN(C(=O)c1ccc2oc(CCc3ccccc3)nc2c1)[C@@H]1CCOC1. The van der Waals surface area contributed by atoms with Crippen LogP contribution in [-0.4, -0.2) is 42.1 Å². The van der Waals surface area contributed by atoms with E-state index in [1.807, 2.05) is 43.4 Å². The predicted octanol–water partition coefficient (Wildman–Crippen LogP) is 3.47. The van der Waals surface area contributed by atoms with Crippen molar-refractivity contribution < 1.29 is 13.9 Å². The van der Waals surface area contributed by atoms with Crippen molar-refractivity contribution in [3.8, 4) is 0 Å². The third-order valence-electron chi connectivity index (χ3n) is 4.92. The number of aromatic nitrogens is 1. The fourth-order valence-corrected chi connectivity index (χ4v) is 3.31. The highest BCUT2D eigenvalue weighted by atomic mass is 16.5. The van der Waals surface area contributed by atoms with Crippen molar-refractivity contribution in [2.45, 2.75) is 25.3 Å². The Kier molecular flexibility index (Phi) is 4.71. The van der Waals surface area contributed by atoms with E-state index in [4.69, 9.17) is 9.15 Å². The van der Waals surface area contributed by atoms with Crippen LogP contribution in [0.3, 0.4) is 0 Å². The Morgan fingerprint density at radius 3 is 2.81 bits per heavy atom. The number of fused-ring (bicyclic) bond motifs is 1. The largest absolute Gasteiger partial charge is 0.441 e. The molecule has 0 radical (unpaired) electrons. The van der Waals surface area contributed by atoms with Gasteiger partial charge in [0.05, 0.1) is 12.6 Å². The quantitative estimate of drug-likeness (QED) is 0.707. The van der Waals surface area contributed by atoms with Crippen LogP contribution in [0.4, 0.5) is 0 Å². The van der Waals surface area contributed by atoms with Crippen LogP contribution >= 0.6 is 0 Å². The lowest BCUT2D eigenvalue weighted by molar-refractivity contribution is 0.0711. The Labute approximate surface area is 152 Å². The highest BCUT2D eigenvalue weighted by Gasteiger charge is 2.25. The van der Waals surface area contributed by atoms with Crippen molar-refractivity contribution in [3.05, 3.63) is 65.5 Å². The molecule has 1 saturated heterocycles. The minimum atomic E-state index is -0.00349. The predicted molar refractivity (Wildman–Crippen MR) is 99.2 cm³/mol. The van der Waals surface area contributed by atoms with Gasteiger partial charge in [-0.15, -0.1) is 0 Å². The molecular weight excluding hydrogens is 328 g/mol. The molecule has 1 aliphatic heterocycles. The molecule has 1 aromatic heterocycles. The summed E-state index contributed by atoms with van der Waals surface area (Å²) in [6.07, 6.45) is 2.50. The number of likely N-dealkylation sites (N-methyl/N-ethyl adjacent to an activating group) is 1. The summed E-state index contributed by atoms with van der Waals surface area (Å²) in [4.78, 5) is 19.0. The molecule has 0 saturated carbocycles. The standard InChI is InChI=1S/C21H22N2O3/c1-23(17-11-12-25-14-17)21(24)16-8-9-19-18(13-16)22-20(26-19)10-7-15-5-3-2-4-6-15/h2-6,8-9,13,17H,7,10-12,14H2,1H3/t17-/m1/s1. The number of hydrogen-bond donors (Lipinski definition) is 0. The summed E-state index contributed by atoms with van der Waals surface area (Å²) >= 11 is 0. The first-order chi connectivity index (χ1) is 12.7. The van der Waals surface area contributed by atoms with E-state index in [-0.39, 0.29) is 11.9 Å². The van der Waals surface area contributed by atoms with Crippen LogP contribution in [0.1, 0.15) is 28.2 Å². The summed E-state index contributed by atoms with van der Waals surface area (Å²) in [6, 6.07) is 15.9. The zero-order chi connectivity index (χ0) is 17.9. The maximum Gasteiger partial charge on any atom is 0.254 e. The first kappa shape index (κ1) is 16.8. The van der Waals surface area contributed by atoms with Gasteiger partial charge in [-0.2, -0.15) is 0 Å². The number of aryl methyl sites for hydroxylation is 2. The topological polar surface area (TPSA) is 55.6 Å². The maximum absolute atomic E-state index is 12.7. The first-order valence-electron chi connectivity index (χ1n) is 8.99. The molecule has 134 valence electrons. The smallest absolute Gasteiger partial charge is 0.254 e. The summed E-state index contributed by atoms with van der Waals surface area (Å²) < 4.78 is 11.2. The molecule has 1 atom stereocenters. The van der Waals surface area contributed by atoms with Crippen LogP contribution in [0.25, 0.3) is 11.1 Å². The highest BCUT2D eigenvalue weighted by molar-refractivity contribution is 5.97. The molecule has 5 nitrogen and oxygen atoms in total. The van der Waals surface area contributed by atoms with Crippen molar-refractivity contribution in [2.75, 3.05) is 20.3 Å². The molecule has 1 fully saturated rings. The fraction of sp³-hybridized carbons (Fsp3) is 0.333. The van der Waals surface area contributed by atoms with Crippen LogP contribution in [-0.2, 0) is 17.6 Å². The molecule has 0 N–H and O–H groups in total. The molecule has 3 aromatic rings. The number of carbonyl (C=O) groups excluding carboxylic acids is 1. The summed E-state index contributed by atoms with van der Waals surface area (Å²) in [5.41, 5.74) is 3.34. The average molecular weight is 350 g/mol. The van der Waals surface area contributed by atoms with Crippen molar-refractivity contribution in [2.24, 2.45) is 0 Å². The van der Waals surface area contributed by atoms with Crippen molar-refractivity contribution in [1.29, 1.82) is 0 Å². The van der Waals surface area contributed by atoms with Gasteiger partial charge in [-0.25, -0.2) is 4.98 Å². The molecule has 1 amide bonds. The lowest BCUT2D eigenvalue weighted by Crippen LogP contribution is -2.37. The number of amides is 1. The van der Waals surface area contributed by atoms with Gasteiger partial charge in [0, 0.05) is 25.6 Å². The molecule has 2 heterocycles. The van der Waals surface area contributed by atoms with Gasteiger partial charge < -0.3 is 14.1 Å². The summed E-state index contributed by atoms with van der Waals surface area (Å²) in [6.45, 7) is 1.33. The maximum atomic E-state index is 12.7. The number of ether oxygens (including phenoxy) is 1. The fourth-order valence-electron chi connectivity index (χ4n) is 3.31. The molecule has 1 aliphatic rings. The monoisotopic (exact) mass is 350 g/mol. The van der Waals surface area contributed by atoms with Gasteiger partial charge in [0.2, 0.25) is 0 Å². The third kappa shape index (κ3) is 3.48. The molecule has 4 rings (SSSR count). The van der Waals surface area contributed by atoms with E-state index in [9.17, 15) is 4.79 Å². The molecule has 5 heteroatoms. The normalized spacial score (nSPS) is 16.9. The van der Waals surface area contributed by atoms with Crippen LogP contribution < -0.4 is 0 Å². The van der Waals surface area contributed by atoms with Gasteiger partial charge in [-0.05, 0) is 36.6 Å². The number of carbonyl (C=O) groups is 1. The van der Waals surface area contributed by atoms with E-state index in [1.54, 1.807) is 4.90 Å². The molecule has 0 unspecified atom stereocenters. The number of oxazole rings is 1. The minimum absolute atomic E-state index is 0.00349. The van der Waals surface area contributed by atoms with Crippen LogP contribution in [0.5, 0.6) is 0 Å². The molecule has 0 aliphatic carbocycles. The Morgan fingerprint density at radius 1 is 1.19 bits per heavy atom. The van der Waals surface area contributed by atoms with E-state index in [2.05, 4.69) is 17.1 Å². The second-order valence-electron chi connectivity index (χ2n) is 6.71. The van der Waals surface area contributed by atoms with Crippen molar-refractivity contribution in [3.63, 3.8) is 0 Å².